The van der Waals surface area contributed by atoms with Crippen molar-refractivity contribution < 1.29 is 4.79 Å². The van der Waals surface area contributed by atoms with E-state index in [1.165, 1.54) is 11.1 Å². The Morgan fingerprint density at radius 1 is 1.35 bits per heavy atom. The lowest BCUT2D eigenvalue weighted by Gasteiger charge is -2.36. The van der Waals surface area contributed by atoms with E-state index in [4.69, 9.17) is 0 Å². The third-order valence-electron chi connectivity index (χ3n) is 5.16. The minimum atomic E-state index is -0.150. The highest BCUT2D eigenvalue weighted by molar-refractivity contribution is 5.83. The van der Waals surface area contributed by atoms with Crippen LogP contribution in [0.1, 0.15) is 49.8 Å². The van der Waals surface area contributed by atoms with Crippen molar-refractivity contribution in [3.8, 4) is 0 Å². The summed E-state index contributed by atoms with van der Waals surface area (Å²) in [5.74, 6) is 0.267. The largest absolute Gasteiger partial charge is 0.349 e. The van der Waals surface area contributed by atoms with Crippen molar-refractivity contribution in [3.05, 3.63) is 35.4 Å². The molecule has 1 aliphatic heterocycles. The Morgan fingerprint density at radius 3 is 2.85 bits per heavy atom. The van der Waals surface area contributed by atoms with Crippen LogP contribution in [0.2, 0.25) is 0 Å². The van der Waals surface area contributed by atoms with E-state index in [0.717, 1.165) is 45.2 Å². The van der Waals surface area contributed by atoms with Gasteiger partial charge in [-0.3, -0.25) is 4.79 Å². The molecular formula is C17H24N2O. The number of piperidine rings is 1. The predicted molar refractivity (Wildman–Crippen MR) is 80.5 cm³/mol. The van der Waals surface area contributed by atoms with Gasteiger partial charge in [0, 0.05) is 0 Å². The van der Waals surface area contributed by atoms with E-state index < -0.39 is 0 Å². The van der Waals surface area contributed by atoms with Gasteiger partial charge in [0.05, 0.1) is 11.5 Å². The summed E-state index contributed by atoms with van der Waals surface area (Å²) in [7, 11) is 0. The summed E-state index contributed by atoms with van der Waals surface area (Å²) in [6.07, 6.45) is 4.99. The number of benzene rings is 1. The van der Waals surface area contributed by atoms with Crippen LogP contribution in [0.4, 0.5) is 0 Å². The van der Waals surface area contributed by atoms with Crippen molar-refractivity contribution in [2.45, 2.75) is 45.1 Å². The number of carbonyl (C=O) groups is 1. The van der Waals surface area contributed by atoms with Crippen LogP contribution in [0, 0.1) is 5.41 Å². The number of nitrogens with one attached hydrogen (secondary N) is 2. The van der Waals surface area contributed by atoms with Crippen molar-refractivity contribution >= 4 is 5.91 Å². The van der Waals surface area contributed by atoms with Gasteiger partial charge in [-0.1, -0.05) is 31.2 Å². The van der Waals surface area contributed by atoms with Crippen molar-refractivity contribution in [1.82, 2.24) is 10.6 Å². The molecule has 1 fully saturated rings. The standard InChI is InChI=1S/C17H24N2O/c1-2-17(9-11-18-12-10-17)16(20)19-15-8-7-13-5-3-4-6-14(13)15/h3-6,15,18H,2,7-12H2,1H3,(H,19,20). The van der Waals surface area contributed by atoms with Crippen LogP contribution in [0.3, 0.4) is 0 Å². The topological polar surface area (TPSA) is 41.1 Å². The molecule has 108 valence electrons. The SMILES string of the molecule is CCC1(C(=O)NC2CCc3ccccc32)CCNCC1. The molecule has 2 aliphatic rings. The Hall–Kier alpha value is -1.35. The van der Waals surface area contributed by atoms with Gasteiger partial charge in [0.25, 0.3) is 0 Å². The minimum absolute atomic E-state index is 0.150. The monoisotopic (exact) mass is 272 g/mol. The molecule has 0 bridgehead atoms. The lowest BCUT2D eigenvalue weighted by atomic mass is 9.75. The fourth-order valence-corrected chi connectivity index (χ4v) is 3.66. The Kier molecular flexibility index (Phi) is 3.79. The average molecular weight is 272 g/mol. The first-order valence-corrected chi connectivity index (χ1v) is 7.85. The van der Waals surface area contributed by atoms with E-state index in [-0.39, 0.29) is 17.4 Å². The highest BCUT2D eigenvalue weighted by Crippen LogP contribution is 2.36. The summed E-state index contributed by atoms with van der Waals surface area (Å²) < 4.78 is 0. The summed E-state index contributed by atoms with van der Waals surface area (Å²) in [5, 5.41) is 6.69. The molecule has 0 radical (unpaired) electrons. The number of hydrogen-bond donors (Lipinski definition) is 2. The van der Waals surface area contributed by atoms with E-state index in [1.54, 1.807) is 0 Å². The second-order valence-corrected chi connectivity index (χ2v) is 6.15. The second kappa shape index (κ2) is 5.57. The molecule has 1 aromatic carbocycles. The zero-order chi connectivity index (χ0) is 14.0. The Balaban J connectivity index is 1.73. The average Bonchev–Trinajstić information content (AvgIpc) is 2.91. The molecular weight excluding hydrogens is 248 g/mol. The van der Waals surface area contributed by atoms with Crippen LogP contribution in [-0.2, 0) is 11.2 Å². The number of amides is 1. The first-order valence-electron chi connectivity index (χ1n) is 7.85. The molecule has 0 saturated carbocycles. The van der Waals surface area contributed by atoms with Crippen molar-refractivity contribution in [2.24, 2.45) is 5.41 Å². The maximum Gasteiger partial charge on any atom is 0.226 e. The van der Waals surface area contributed by atoms with E-state index in [2.05, 4.69) is 41.8 Å². The third kappa shape index (κ3) is 2.35. The maximum atomic E-state index is 12.8. The van der Waals surface area contributed by atoms with E-state index in [1.807, 2.05) is 0 Å². The Bertz CT molecular complexity index is 492. The molecule has 1 atom stereocenters. The van der Waals surface area contributed by atoms with Gasteiger partial charge in [0.2, 0.25) is 5.91 Å². The molecule has 0 spiro atoms. The zero-order valence-electron chi connectivity index (χ0n) is 12.2. The molecule has 3 rings (SSSR count). The minimum Gasteiger partial charge on any atom is -0.349 e. The molecule has 3 heteroatoms. The first-order chi connectivity index (χ1) is 9.75. The maximum absolute atomic E-state index is 12.8. The number of fused-ring (bicyclic) bond motifs is 1. The van der Waals surface area contributed by atoms with Gasteiger partial charge in [0.1, 0.15) is 0 Å². The smallest absolute Gasteiger partial charge is 0.226 e. The summed E-state index contributed by atoms with van der Waals surface area (Å²) in [4.78, 5) is 12.8. The van der Waals surface area contributed by atoms with Crippen LogP contribution in [-0.4, -0.2) is 19.0 Å². The van der Waals surface area contributed by atoms with E-state index in [9.17, 15) is 4.79 Å². The van der Waals surface area contributed by atoms with Gasteiger partial charge in [-0.25, -0.2) is 0 Å². The van der Waals surface area contributed by atoms with Crippen LogP contribution in [0.15, 0.2) is 24.3 Å². The molecule has 1 aromatic rings. The van der Waals surface area contributed by atoms with Gasteiger partial charge in [-0.2, -0.15) is 0 Å². The van der Waals surface area contributed by atoms with E-state index in [0.29, 0.717) is 0 Å². The molecule has 1 unspecified atom stereocenters. The number of aryl methyl sites for hydroxylation is 1. The van der Waals surface area contributed by atoms with Crippen LogP contribution in [0.5, 0.6) is 0 Å². The molecule has 3 nitrogen and oxygen atoms in total. The van der Waals surface area contributed by atoms with Crippen LogP contribution < -0.4 is 10.6 Å². The molecule has 1 amide bonds. The molecule has 1 saturated heterocycles. The molecule has 20 heavy (non-hydrogen) atoms. The summed E-state index contributed by atoms with van der Waals surface area (Å²) in [6.45, 7) is 4.07. The fraction of sp³-hybridized carbons (Fsp3) is 0.588. The van der Waals surface area contributed by atoms with E-state index >= 15 is 0 Å². The van der Waals surface area contributed by atoms with Gasteiger partial charge in [-0.05, 0) is 56.3 Å². The van der Waals surface area contributed by atoms with Crippen LogP contribution >= 0.6 is 0 Å². The van der Waals surface area contributed by atoms with Gasteiger partial charge in [-0.15, -0.1) is 0 Å². The predicted octanol–water partition coefficient (Wildman–Crippen LogP) is 2.57. The van der Waals surface area contributed by atoms with Crippen molar-refractivity contribution in [2.75, 3.05) is 13.1 Å². The summed E-state index contributed by atoms with van der Waals surface area (Å²) in [5.41, 5.74) is 2.57. The molecule has 1 aliphatic carbocycles. The van der Waals surface area contributed by atoms with Gasteiger partial charge < -0.3 is 10.6 Å². The zero-order valence-corrected chi connectivity index (χ0v) is 12.2. The highest BCUT2D eigenvalue weighted by atomic mass is 16.2. The van der Waals surface area contributed by atoms with Gasteiger partial charge >= 0.3 is 0 Å². The Morgan fingerprint density at radius 2 is 2.10 bits per heavy atom. The van der Waals surface area contributed by atoms with Crippen LogP contribution in [0.25, 0.3) is 0 Å². The number of rotatable bonds is 3. The fourth-order valence-electron chi connectivity index (χ4n) is 3.66. The quantitative estimate of drug-likeness (QED) is 0.888. The molecule has 1 heterocycles. The van der Waals surface area contributed by atoms with Crippen molar-refractivity contribution in [3.63, 3.8) is 0 Å². The molecule has 2 N–H and O–H groups in total. The van der Waals surface area contributed by atoms with Gasteiger partial charge in [0.15, 0.2) is 0 Å². The lowest BCUT2D eigenvalue weighted by Crippen LogP contribution is -2.47. The van der Waals surface area contributed by atoms with Crippen molar-refractivity contribution in [1.29, 1.82) is 0 Å². The first kappa shape index (κ1) is 13.6. The highest BCUT2D eigenvalue weighted by Gasteiger charge is 2.39. The number of carbonyl (C=O) groups excluding carboxylic acids is 1. The third-order valence-corrected chi connectivity index (χ3v) is 5.16. The number of hydrogen-bond acceptors (Lipinski definition) is 2. The second-order valence-electron chi connectivity index (χ2n) is 6.15. The Labute approximate surface area is 121 Å². The summed E-state index contributed by atoms with van der Waals surface area (Å²) in [6, 6.07) is 8.72. The lowest BCUT2D eigenvalue weighted by molar-refractivity contribution is -0.133. The summed E-state index contributed by atoms with van der Waals surface area (Å²) >= 11 is 0. The normalized spacial score (nSPS) is 24.1. The molecule has 0 aromatic heterocycles.